The summed E-state index contributed by atoms with van der Waals surface area (Å²) in [5.41, 5.74) is 0. The summed E-state index contributed by atoms with van der Waals surface area (Å²) in [4.78, 5) is 3.93. The molecule has 1 fully saturated rings. The smallest absolute Gasteiger partial charge is 0.212 e. The minimum atomic E-state index is 0.637. The summed E-state index contributed by atoms with van der Waals surface area (Å²) in [5, 5.41) is 0. The van der Waals surface area contributed by atoms with Crippen LogP contribution in [0.3, 0.4) is 0 Å². The maximum atomic E-state index is 4.84. The minimum absolute atomic E-state index is 0.637. The van der Waals surface area contributed by atoms with E-state index in [4.69, 9.17) is 4.74 Å². The molecular weight excluding hydrogens is 266 g/mol. The van der Waals surface area contributed by atoms with Crippen molar-refractivity contribution < 1.29 is 4.74 Å². The van der Waals surface area contributed by atoms with Crippen LogP contribution in [0.15, 0.2) is 22.8 Å². The van der Waals surface area contributed by atoms with Gasteiger partial charge < -0.3 is 4.74 Å². The zero-order valence-electron chi connectivity index (χ0n) is 10.1. The Morgan fingerprint density at radius 2 is 1.94 bits per heavy atom. The normalized spacial score (nSPS) is 16.2. The number of rotatable bonds is 1. The van der Waals surface area contributed by atoms with Gasteiger partial charge in [-0.2, -0.15) is 0 Å². The number of aromatic nitrogens is 1. The van der Waals surface area contributed by atoms with Gasteiger partial charge in [-0.15, -0.1) is 0 Å². The number of hydrogen-bond donors (Lipinski definition) is 0. The first-order chi connectivity index (χ1) is 7.72. The van der Waals surface area contributed by atoms with Gasteiger partial charge in [0.25, 0.3) is 0 Å². The third-order valence-corrected chi connectivity index (χ3v) is 3.27. The molecule has 0 radical (unpaired) electrons. The summed E-state index contributed by atoms with van der Waals surface area (Å²) in [7, 11) is 1.59. The molecule has 2 rings (SSSR count). The van der Waals surface area contributed by atoms with E-state index < -0.39 is 0 Å². The highest BCUT2D eigenvalue weighted by Crippen LogP contribution is 2.22. The van der Waals surface area contributed by atoms with E-state index in [2.05, 4.69) is 27.8 Å². The van der Waals surface area contributed by atoms with Crippen molar-refractivity contribution in [3.63, 3.8) is 0 Å². The van der Waals surface area contributed by atoms with Crippen LogP contribution in [0.25, 0.3) is 0 Å². The molecule has 0 aromatic carbocycles. The van der Waals surface area contributed by atoms with Crippen LogP contribution in [0.4, 0.5) is 0 Å². The Labute approximate surface area is 107 Å². The van der Waals surface area contributed by atoms with Crippen molar-refractivity contribution in [2.75, 3.05) is 7.11 Å². The Morgan fingerprint density at radius 1 is 1.25 bits per heavy atom. The largest absolute Gasteiger partial charge is 0.481 e. The predicted octanol–water partition coefficient (Wildman–Crippen LogP) is 4.44. The average Bonchev–Trinajstić information content (AvgIpc) is 2.32. The number of pyridine rings is 1. The molecule has 0 aliphatic heterocycles. The molecule has 0 saturated heterocycles. The van der Waals surface area contributed by atoms with Crippen molar-refractivity contribution in [2.45, 2.75) is 39.0 Å². The van der Waals surface area contributed by atoms with Gasteiger partial charge in [0, 0.05) is 16.7 Å². The number of methoxy groups -OCH3 is 1. The van der Waals surface area contributed by atoms with Gasteiger partial charge in [-0.1, -0.05) is 39.0 Å². The Balaban J connectivity index is 0.000000165. The van der Waals surface area contributed by atoms with E-state index in [9.17, 15) is 0 Å². The highest BCUT2D eigenvalue weighted by Gasteiger charge is 2.05. The van der Waals surface area contributed by atoms with Crippen LogP contribution < -0.4 is 4.74 Å². The highest BCUT2D eigenvalue weighted by molar-refractivity contribution is 9.10. The van der Waals surface area contributed by atoms with Gasteiger partial charge in [0.2, 0.25) is 5.88 Å². The number of nitrogens with zero attached hydrogens (tertiary/aromatic N) is 1. The van der Waals surface area contributed by atoms with Crippen molar-refractivity contribution in [3.05, 3.63) is 22.8 Å². The highest BCUT2D eigenvalue weighted by atomic mass is 79.9. The van der Waals surface area contributed by atoms with Crippen molar-refractivity contribution in [1.29, 1.82) is 0 Å². The monoisotopic (exact) mass is 285 g/mol. The van der Waals surface area contributed by atoms with Gasteiger partial charge in [0.1, 0.15) is 0 Å². The molecule has 1 heterocycles. The fraction of sp³-hybridized carbons (Fsp3) is 0.615. The number of ether oxygens (including phenoxy) is 1. The standard InChI is InChI=1S/C7H14.C6H6BrNO/c1-7-5-3-2-4-6-7;1-9-6-3-2-5(7)4-8-6/h7H,2-6H2,1H3;2-4H,1H3. The molecule has 0 bridgehead atoms. The molecule has 0 atom stereocenters. The van der Waals surface area contributed by atoms with Crippen LogP contribution in [0.1, 0.15) is 39.0 Å². The molecule has 1 saturated carbocycles. The lowest BCUT2D eigenvalue weighted by Gasteiger charge is -2.15. The second kappa shape index (κ2) is 7.66. The molecule has 1 aliphatic rings. The maximum absolute atomic E-state index is 4.84. The quantitative estimate of drug-likeness (QED) is 0.761. The molecule has 1 aromatic heterocycles. The molecule has 0 spiro atoms. The molecule has 0 amide bonds. The Morgan fingerprint density at radius 3 is 2.31 bits per heavy atom. The van der Waals surface area contributed by atoms with Gasteiger partial charge >= 0.3 is 0 Å². The topological polar surface area (TPSA) is 22.1 Å². The van der Waals surface area contributed by atoms with Crippen molar-refractivity contribution in [2.24, 2.45) is 5.92 Å². The molecule has 3 heteroatoms. The molecule has 1 aromatic rings. The van der Waals surface area contributed by atoms with E-state index >= 15 is 0 Å². The van der Waals surface area contributed by atoms with E-state index in [1.165, 1.54) is 32.1 Å². The van der Waals surface area contributed by atoms with E-state index in [0.29, 0.717) is 5.88 Å². The average molecular weight is 286 g/mol. The molecule has 16 heavy (non-hydrogen) atoms. The zero-order chi connectivity index (χ0) is 11.8. The summed E-state index contributed by atoms with van der Waals surface area (Å²) in [6.07, 6.45) is 9.13. The summed E-state index contributed by atoms with van der Waals surface area (Å²) in [5.74, 6) is 1.67. The zero-order valence-corrected chi connectivity index (χ0v) is 11.7. The van der Waals surface area contributed by atoms with E-state index in [-0.39, 0.29) is 0 Å². The van der Waals surface area contributed by atoms with Gasteiger partial charge in [-0.05, 0) is 27.9 Å². The van der Waals surface area contributed by atoms with Crippen LogP contribution in [0, 0.1) is 5.92 Å². The third kappa shape index (κ3) is 5.50. The van der Waals surface area contributed by atoms with Crippen LogP contribution in [-0.4, -0.2) is 12.1 Å². The summed E-state index contributed by atoms with van der Waals surface area (Å²) < 4.78 is 5.80. The second-order valence-corrected chi connectivity index (χ2v) is 5.18. The van der Waals surface area contributed by atoms with Crippen LogP contribution in [-0.2, 0) is 0 Å². The van der Waals surface area contributed by atoms with Crippen molar-refractivity contribution >= 4 is 15.9 Å². The molecule has 0 unspecified atom stereocenters. The maximum Gasteiger partial charge on any atom is 0.212 e. The molecule has 2 nitrogen and oxygen atoms in total. The lowest BCUT2D eigenvalue weighted by atomic mass is 9.91. The SMILES string of the molecule is CC1CCCCC1.COc1ccc(Br)cn1. The van der Waals surface area contributed by atoms with Crippen molar-refractivity contribution in [3.8, 4) is 5.88 Å². The van der Waals surface area contributed by atoms with Gasteiger partial charge in [0.15, 0.2) is 0 Å². The van der Waals surface area contributed by atoms with Crippen LogP contribution in [0.5, 0.6) is 5.88 Å². The number of halogens is 1. The van der Waals surface area contributed by atoms with E-state index in [1.54, 1.807) is 19.4 Å². The van der Waals surface area contributed by atoms with E-state index in [0.717, 1.165) is 10.4 Å². The number of hydrogen-bond acceptors (Lipinski definition) is 2. The van der Waals surface area contributed by atoms with Crippen molar-refractivity contribution in [1.82, 2.24) is 4.98 Å². The Kier molecular flexibility index (Phi) is 6.46. The lowest BCUT2D eigenvalue weighted by Crippen LogP contribution is -1.99. The predicted molar refractivity (Wildman–Crippen MR) is 70.7 cm³/mol. The molecule has 0 N–H and O–H groups in total. The third-order valence-electron chi connectivity index (χ3n) is 2.80. The minimum Gasteiger partial charge on any atom is -0.481 e. The first-order valence-corrected chi connectivity index (χ1v) is 6.67. The van der Waals surface area contributed by atoms with E-state index in [1.807, 2.05) is 6.07 Å². The van der Waals surface area contributed by atoms with Gasteiger partial charge in [0.05, 0.1) is 7.11 Å². The summed E-state index contributed by atoms with van der Waals surface area (Å²) in [6.45, 7) is 2.36. The molecule has 90 valence electrons. The van der Waals surface area contributed by atoms with Gasteiger partial charge in [-0.25, -0.2) is 4.98 Å². The fourth-order valence-electron chi connectivity index (χ4n) is 1.79. The Bertz CT molecular complexity index is 280. The lowest BCUT2D eigenvalue weighted by molar-refractivity contribution is 0.385. The summed E-state index contributed by atoms with van der Waals surface area (Å²) in [6, 6.07) is 3.68. The van der Waals surface area contributed by atoms with Crippen LogP contribution in [0.2, 0.25) is 0 Å². The van der Waals surface area contributed by atoms with Crippen LogP contribution >= 0.6 is 15.9 Å². The Hall–Kier alpha value is -0.570. The first kappa shape index (κ1) is 13.5. The fourth-order valence-corrected chi connectivity index (χ4v) is 2.02. The summed E-state index contributed by atoms with van der Waals surface area (Å²) >= 11 is 3.26. The second-order valence-electron chi connectivity index (χ2n) is 4.26. The first-order valence-electron chi connectivity index (χ1n) is 5.88. The molecular formula is C13H20BrNO. The van der Waals surface area contributed by atoms with Gasteiger partial charge in [-0.3, -0.25) is 0 Å². The molecule has 1 aliphatic carbocycles.